The van der Waals surface area contributed by atoms with Crippen LogP contribution in [0.2, 0.25) is 0 Å². The van der Waals surface area contributed by atoms with Crippen LogP contribution in [-0.4, -0.2) is 26.5 Å². The molecule has 1 aromatic carbocycles. The Kier molecular flexibility index (Phi) is 5.58. The molecule has 0 fully saturated rings. The first-order valence-corrected chi connectivity index (χ1v) is 6.40. The highest BCUT2D eigenvalue weighted by atomic mass is 32.2. The minimum Gasteiger partial charge on any atom is -0.492 e. The quantitative estimate of drug-likeness (QED) is 0.752. The van der Waals surface area contributed by atoms with E-state index >= 15 is 0 Å². The molecule has 0 bridgehead atoms. The van der Waals surface area contributed by atoms with Gasteiger partial charge in [-0.15, -0.1) is 11.8 Å². The van der Waals surface area contributed by atoms with Crippen LogP contribution in [0.25, 0.3) is 0 Å². The number of ether oxygens (including phenoxy) is 1. The summed E-state index contributed by atoms with van der Waals surface area (Å²) in [7, 11) is 1.96. The average Bonchev–Trinajstić information content (AvgIpc) is 2.27. The molecule has 1 rings (SSSR count). The molecule has 0 saturated heterocycles. The molecule has 1 aromatic rings. The monoisotopic (exact) mass is 225 g/mol. The Labute approximate surface area is 96.4 Å². The molecule has 2 nitrogen and oxygen atoms in total. The summed E-state index contributed by atoms with van der Waals surface area (Å²) in [5.74, 6) is 1.53. The maximum absolute atomic E-state index is 5.78. The van der Waals surface area contributed by atoms with Gasteiger partial charge in [0.25, 0.3) is 0 Å². The van der Waals surface area contributed by atoms with E-state index in [4.69, 9.17) is 4.74 Å². The molecule has 0 saturated carbocycles. The zero-order valence-corrected chi connectivity index (χ0v) is 10.4. The van der Waals surface area contributed by atoms with Gasteiger partial charge in [0, 0.05) is 17.4 Å². The number of nitrogens with one attached hydrogen (secondary N) is 1. The van der Waals surface area contributed by atoms with Gasteiger partial charge in [0.05, 0.1) is 6.61 Å². The number of benzene rings is 1. The van der Waals surface area contributed by atoms with Crippen molar-refractivity contribution in [3.05, 3.63) is 24.3 Å². The SMILES string of the molecule is CNCC(C)COc1ccccc1SC. The van der Waals surface area contributed by atoms with E-state index in [0.717, 1.165) is 18.9 Å². The lowest BCUT2D eigenvalue weighted by atomic mass is 10.2. The first kappa shape index (κ1) is 12.4. The van der Waals surface area contributed by atoms with E-state index in [0.29, 0.717) is 5.92 Å². The lowest BCUT2D eigenvalue weighted by Crippen LogP contribution is -2.21. The second-order valence-electron chi connectivity index (χ2n) is 3.62. The summed E-state index contributed by atoms with van der Waals surface area (Å²) in [6.07, 6.45) is 2.07. The molecule has 1 N–H and O–H groups in total. The molecule has 3 heteroatoms. The minimum atomic E-state index is 0.532. The molecule has 0 radical (unpaired) electrons. The van der Waals surface area contributed by atoms with Gasteiger partial charge in [-0.3, -0.25) is 0 Å². The Morgan fingerprint density at radius 3 is 2.80 bits per heavy atom. The van der Waals surface area contributed by atoms with E-state index in [1.807, 2.05) is 25.2 Å². The summed E-state index contributed by atoms with van der Waals surface area (Å²) in [5, 5.41) is 3.15. The Bertz CT molecular complexity index is 291. The molecule has 0 aromatic heterocycles. The molecular formula is C12H19NOS. The third kappa shape index (κ3) is 4.14. The molecule has 0 amide bonds. The average molecular weight is 225 g/mol. The molecule has 0 aliphatic rings. The molecule has 15 heavy (non-hydrogen) atoms. The predicted molar refractivity (Wildman–Crippen MR) is 66.8 cm³/mol. The Balaban J connectivity index is 2.49. The second-order valence-corrected chi connectivity index (χ2v) is 4.47. The predicted octanol–water partition coefficient (Wildman–Crippen LogP) is 2.64. The first-order chi connectivity index (χ1) is 7.27. The molecule has 1 unspecified atom stereocenters. The fourth-order valence-corrected chi connectivity index (χ4v) is 1.92. The fraction of sp³-hybridized carbons (Fsp3) is 0.500. The zero-order valence-electron chi connectivity index (χ0n) is 9.62. The molecular weight excluding hydrogens is 206 g/mol. The van der Waals surface area contributed by atoms with Crippen LogP contribution in [-0.2, 0) is 0 Å². The van der Waals surface area contributed by atoms with Crippen molar-refractivity contribution in [1.29, 1.82) is 0 Å². The fourth-order valence-electron chi connectivity index (χ4n) is 1.38. The van der Waals surface area contributed by atoms with Crippen molar-refractivity contribution in [3.8, 4) is 5.75 Å². The standard InChI is InChI=1S/C12H19NOS/c1-10(8-13-2)9-14-11-6-4-5-7-12(11)15-3/h4-7,10,13H,8-9H2,1-3H3. The molecule has 0 aliphatic carbocycles. The van der Waals surface area contributed by atoms with Gasteiger partial charge < -0.3 is 10.1 Å². The van der Waals surface area contributed by atoms with Gasteiger partial charge in [0.2, 0.25) is 0 Å². The van der Waals surface area contributed by atoms with E-state index in [1.165, 1.54) is 4.90 Å². The lowest BCUT2D eigenvalue weighted by Gasteiger charge is -2.14. The van der Waals surface area contributed by atoms with Gasteiger partial charge in [-0.2, -0.15) is 0 Å². The summed E-state index contributed by atoms with van der Waals surface area (Å²) in [6.45, 7) is 3.93. The largest absolute Gasteiger partial charge is 0.492 e. The Hall–Kier alpha value is -0.670. The van der Waals surface area contributed by atoms with E-state index in [-0.39, 0.29) is 0 Å². The van der Waals surface area contributed by atoms with E-state index in [2.05, 4.69) is 24.6 Å². The van der Waals surface area contributed by atoms with Crippen LogP contribution >= 0.6 is 11.8 Å². The number of thioether (sulfide) groups is 1. The summed E-state index contributed by atoms with van der Waals surface area (Å²) in [6, 6.07) is 8.16. The number of para-hydroxylation sites is 1. The molecule has 0 heterocycles. The van der Waals surface area contributed by atoms with E-state index < -0.39 is 0 Å². The molecule has 84 valence electrons. The Morgan fingerprint density at radius 1 is 1.40 bits per heavy atom. The highest BCUT2D eigenvalue weighted by Gasteiger charge is 2.04. The van der Waals surface area contributed by atoms with Crippen LogP contribution in [0.1, 0.15) is 6.92 Å². The van der Waals surface area contributed by atoms with Gasteiger partial charge in [0.15, 0.2) is 0 Å². The van der Waals surface area contributed by atoms with Crippen molar-refractivity contribution in [2.24, 2.45) is 5.92 Å². The normalized spacial score (nSPS) is 12.5. The van der Waals surface area contributed by atoms with Gasteiger partial charge in [-0.05, 0) is 25.4 Å². The van der Waals surface area contributed by atoms with Crippen LogP contribution in [0.4, 0.5) is 0 Å². The van der Waals surface area contributed by atoms with E-state index in [1.54, 1.807) is 11.8 Å². The van der Waals surface area contributed by atoms with Gasteiger partial charge in [-0.1, -0.05) is 19.1 Å². The third-order valence-electron chi connectivity index (χ3n) is 2.15. The Morgan fingerprint density at radius 2 is 2.13 bits per heavy atom. The number of hydrogen-bond acceptors (Lipinski definition) is 3. The van der Waals surface area contributed by atoms with Crippen molar-refractivity contribution < 1.29 is 4.74 Å². The van der Waals surface area contributed by atoms with Crippen molar-refractivity contribution >= 4 is 11.8 Å². The molecule has 1 atom stereocenters. The summed E-state index contributed by atoms with van der Waals surface area (Å²) < 4.78 is 5.78. The van der Waals surface area contributed by atoms with Crippen LogP contribution in [0.3, 0.4) is 0 Å². The van der Waals surface area contributed by atoms with Crippen LogP contribution in [0, 0.1) is 5.92 Å². The number of rotatable bonds is 6. The van der Waals surface area contributed by atoms with Crippen LogP contribution < -0.4 is 10.1 Å². The zero-order chi connectivity index (χ0) is 11.1. The smallest absolute Gasteiger partial charge is 0.132 e. The topological polar surface area (TPSA) is 21.3 Å². The minimum absolute atomic E-state index is 0.532. The maximum atomic E-state index is 5.78. The maximum Gasteiger partial charge on any atom is 0.132 e. The van der Waals surface area contributed by atoms with E-state index in [9.17, 15) is 0 Å². The molecule has 0 spiro atoms. The van der Waals surface area contributed by atoms with Crippen molar-refractivity contribution in [3.63, 3.8) is 0 Å². The highest BCUT2D eigenvalue weighted by Crippen LogP contribution is 2.27. The molecule has 0 aliphatic heterocycles. The van der Waals surface area contributed by atoms with Crippen molar-refractivity contribution in [1.82, 2.24) is 5.32 Å². The summed E-state index contributed by atoms with van der Waals surface area (Å²) in [4.78, 5) is 1.20. The first-order valence-electron chi connectivity index (χ1n) is 5.18. The second kappa shape index (κ2) is 6.75. The van der Waals surface area contributed by atoms with Crippen LogP contribution in [0.5, 0.6) is 5.75 Å². The van der Waals surface area contributed by atoms with Gasteiger partial charge >= 0.3 is 0 Å². The lowest BCUT2D eigenvalue weighted by molar-refractivity contribution is 0.253. The van der Waals surface area contributed by atoms with Crippen LogP contribution in [0.15, 0.2) is 29.2 Å². The third-order valence-corrected chi connectivity index (χ3v) is 2.92. The van der Waals surface area contributed by atoms with Gasteiger partial charge in [0.1, 0.15) is 5.75 Å². The van der Waals surface area contributed by atoms with Gasteiger partial charge in [-0.25, -0.2) is 0 Å². The van der Waals surface area contributed by atoms with Crippen molar-refractivity contribution in [2.45, 2.75) is 11.8 Å². The summed E-state index contributed by atoms with van der Waals surface area (Å²) >= 11 is 1.72. The number of hydrogen-bond donors (Lipinski definition) is 1. The van der Waals surface area contributed by atoms with Crippen molar-refractivity contribution in [2.75, 3.05) is 26.5 Å². The summed E-state index contributed by atoms with van der Waals surface area (Å²) in [5.41, 5.74) is 0. The highest BCUT2D eigenvalue weighted by molar-refractivity contribution is 7.98.